The molecule has 4 nitrogen and oxygen atoms in total. The predicted molar refractivity (Wildman–Crippen MR) is 105 cm³/mol. The van der Waals surface area contributed by atoms with Crippen LogP contribution in [-0.2, 0) is 6.42 Å². The standard InChI is InChI=1S/C20H28N4/c1-15(2)17-6-5-7-18(14-17)23-20(21)22-13-12-16-8-10-19(11-9-16)24(3)4/h5-11,14-15H,12-13H2,1-4H3,(H3,21,22,23). The minimum Gasteiger partial charge on any atom is -0.378 e. The zero-order valence-electron chi connectivity index (χ0n) is 15.1. The van der Waals surface area contributed by atoms with Crippen molar-refractivity contribution >= 4 is 17.3 Å². The van der Waals surface area contributed by atoms with Crippen LogP contribution in [0.1, 0.15) is 30.9 Å². The molecule has 128 valence electrons. The molecule has 0 atom stereocenters. The molecular weight excluding hydrogens is 296 g/mol. The van der Waals surface area contributed by atoms with Crippen LogP contribution in [0.15, 0.2) is 53.5 Å². The third kappa shape index (κ3) is 5.30. The highest BCUT2D eigenvalue weighted by Gasteiger charge is 2.01. The summed E-state index contributed by atoms with van der Waals surface area (Å²) in [6, 6.07) is 16.8. The van der Waals surface area contributed by atoms with Crippen LogP contribution in [0.4, 0.5) is 11.4 Å². The molecule has 3 N–H and O–H groups in total. The highest BCUT2D eigenvalue weighted by molar-refractivity contribution is 5.92. The largest absolute Gasteiger partial charge is 0.378 e. The normalized spacial score (nSPS) is 11.6. The lowest BCUT2D eigenvalue weighted by molar-refractivity contribution is 0.867. The van der Waals surface area contributed by atoms with Gasteiger partial charge in [-0.15, -0.1) is 0 Å². The van der Waals surface area contributed by atoms with Crippen LogP contribution in [0.5, 0.6) is 0 Å². The van der Waals surface area contributed by atoms with E-state index >= 15 is 0 Å². The van der Waals surface area contributed by atoms with Crippen LogP contribution in [0.3, 0.4) is 0 Å². The van der Waals surface area contributed by atoms with Crippen molar-refractivity contribution in [2.75, 3.05) is 30.9 Å². The second-order valence-electron chi connectivity index (χ2n) is 6.48. The number of guanidine groups is 1. The quantitative estimate of drug-likeness (QED) is 0.627. The molecule has 4 heteroatoms. The maximum Gasteiger partial charge on any atom is 0.193 e. The van der Waals surface area contributed by atoms with Gasteiger partial charge in [0.2, 0.25) is 0 Å². The summed E-state index contributed by atoms with van der Waals surface area (Å²) in [6.07, 6.45) is 0.877. The van der Waals surface area contributed by atoms with E-state index in [-0.39, 0.29) is 0 Å². The summed E-state index contributed by atoms with van der Waals surface area (Å²) in [5.41, 5.74) is 10.7. The summed E-state index contributed by atoms with van der Waals surface area (Å²) < 4.78 is 0. The summed E-state index contributed by atoms with van der Waals surface area (Å²) in [5, 5.41) is 3.17. The molecule has 0 saturated carbocycles. The van der Waals surface area contributed by atoms with Gasteiger partial charge in [0.25, 0.3) is 0 Å². The Hall–Kier alpha value is -2.49. The summed E-state index contributed by atoms with van der Waals surface area (Å²) in [7, 11) is 4.08. The summed E-state index contributed by atoms with van der Waals surface area (Å²) >= 11 is 0. The molecule has 0 spiro atoms. The van der Waals surface area contributed by atoms with Crippen molar-refractivity contribution < 1.29 is 0 Å². The van der Waals surface area contributed by atoms with E-state index in [1.165, 1.54) is 16.8 Å². The van der Waals surface area contributed by atoms with Gasteiger partial charge in [0.05, 0.1) is 0 Å². The number of benzene rings is 2. The van der Waals surface area contributed by atoms with Crippen LogP contribution < -0.4 is 16.0 Å². The second-order valence-corrected chi connectivity index (χ2v) is 6.48. The Labute approximate surface area is 145 Å². The lowest BCUT2D eigenvalue weighted by Gasteiger charge is -2.12. The average Bonchev–Trinajstić information content (AvgIpc) is 2.55. The Kier molecular flexibility index (Phi) is 6.24. The number of aliphatic imine (C=N–C) groups is 1. The van der Waals surface area contributed by atoms with Crippen molar-refractivity contribution in [1.82, 2.24) is 0 Å². The van der Waals surface area contributed by atoms with Gasteiger partial charge in [0.15, 0.2) is 5.96 Å². The van der Waals surface area contributed by atoms with E-state index in [1.807, 2.05) is 26.2 Å². The molecule has 0 saturated heterocycles. The number of nitrogens with one attached hydrogen (secondary N) is 1. The third-order valence-corrected chi connectivity index (χ3v) is 3.96. The number of nitrogens with zero attached hydrogens (tertiary/aromatic N) is 2. The van der Waals surface area contributed by atoms with Gasteiger partial charge in [0.1, 0.15) is 0 Å². The summed E-state index contributed by atoms with van der Waals surface area (Å²) in [5.74, 6) is 0.955. The van der Waals surface area contributed by atoms with Crippen molar-refractivity contribution in [3.8, 4) is 0 Å². The molecule has 0 heterocycles. The fourth-order valence-corrected chi connectivity index (χ4v) is 2.43. The maximum absolute atomic E-state index is 5.99. The first kappa shape index (κ1) is 17.9. The number of hydrogen-bond acceptors (Lipinski definition) is 2. The Bertz CT molecular complexity index is 672. The van der Waals surface area contributed by atoms with Crippen molar-refractivity contribution in [2.45, 2.75) is 26.2 Å². The molecule has 2 aromatic carbocycles. The maximum atomic E-state index is 5.99. The Morgan fingerprint density at radius 3 is 2.46 bits per heavy atom. The molecule has 2 aromatic rings. The SMILES string of the molecule is CC(C)c1cccc(NC(N)=NCCc2ccc(N(C)C)cc2)c1. The van der Waals surface area contributed by atoms with Crippen LogP contribution >= 0.6 is 0 Å². The Morgan fingerprint density at radius 1 is 1.12 bits per heavy atom. The number of rotatable bonds is 6. The van der Waals surface area contributed by atoms with Crippen molar-refractivity contribution in [1.29, 1.82) is 0 Å². The van der Waals surface area contributed by atoms with E-state index in [4.69, 9.17) is 5.73 Å². The number of hydrogen-bond donors (Lipinski definition) is 2. The van der Waals surface area contributed by atoms with E-state index in [2.05, 4.69) is 65.5 Å². The molecule has 2 rings (SSSR count). The molecular formula is C20H28N4. The van der Waals surface area contributed by atoms with Gasteiger partial charge in [-0.2, -0.15) is 0 Å². The van der Waals surface area contributed by atoms with Gasteiger partial charge in [-0.05, 0) is 47.7 Å². The number of anilines is 2. The first-order valence-electron chi connectivity index (χ1n) is 8.39. The summed E-state index contributed by atoms with van der Waals surface area (Å²) in [4.78, 5) is 6.51. The monoisotopic (exact) mass is 324 g/mol. The molecule has 0 radical (unpaired) electrons. The lowest BCUT2D eigenvalue weighted by atomic mass is 10.0. The fourth-order valence-electron chi connectivity index (χ4n) is 2.43. The molecule has 0 unspecified atom stereocenters. The van der Waals surface area contributed by atoms with Crippen LogP contribution in [0, 0.1) is 0 Å². The fraction of sp³-hybridized carbons (Fsp3) is 0.350. The first-order chi connectivity index (χ1) is 11.5. The molecule has 0 fully saturated rings. The minimum atomic E-state index is 0.459. The van der Waals surface area contributed by atoms with E-state index < -0.39 is 0 Å². The zero-order valence-corrected chi connectivity index (χ0v) is 15.1. The first-order valence-corrected chi connectivity index (χ1v) is 8.39. The lowest BCUT2D eigenvalue weighted by Crippen LogP contribution is -2.23. The Balaban J connectivity index is 1.88. The van der Waals surface area contributed by atoms with Gasteiger partial charge in [-0.1, -0.05) is 38.1 Å². The zero-order chi connectivity index (χ0) is 17.5. The molecule has 0 aliphatic heterocycles. The molecule has 0 amide bonds. The topological polar surface area (TPSA) is 53.6 Å². The van der Waals surface area contributed by atoms with Crippen molar-refractivity contribution in [3.05, 3.63) is 59.7 Å². The minimum absolute atomic E-state index is 0.459. The smallest absolute Gasteiger partial charge is 0.193 e. The average molecular weight is 324 g/mol. The van der Waals surface area contributed by atoms with Gasteiger partial charge in [0, 0.05) is 32.0 Å². The van der Waals surface area contributed by atoms with Crippen LogP contribution in [-0.4, -0.2) is 26.6 Å². The number of nitrogens with two attached hydrogens (primary N) is 1. The summed E-state index contributed by atoms with van der Waals surface area (Å²) in [6.45, 7) is 5.03. The predicted octanol–water partition coefficient (Wildman–Crippen LogP) is 3.85. The molecule has 0 aliphatic carbocycles. The molecule has 0 bridgehead atoms. The molecule has 0 aromatic heterocycles. The van der Waals surface area contributed by atoms with Crippen molar-refractivity contribution in [2.24, 2.45) is 10.7 Å². The van der Waals surface area contributed by atoms with Crippen LogP contribution in [0.2, 0.25) is 0 Å². The molecule has 0 aliphatic rings. The third-order valence-electron chi connectivity index (χ3n) is 3.96. The van der Waals surface area contributed by atoms with Crippen LogP contribution in [0.25, 0.3) is 0 Å². The van der Waals surface area contributed by atoms with Gasteiger partial charge in [-0.25, -0.2) is 0 Å². The van der Waals surface area contributed by atoms with E-state index in [0.717, 1.165) is 12.1 Å². The van der Waals surface area contributed by atoms with E-state index in [1.54, 1.807) is 0 Å². The van der Waals surface area contributed by atoms with E-state index in [0.29, 0.717) is 18.4 Å². The van der Waals surface area contributed by atoms with E-state index in [9.17, 15) is 0 Å². The second kappa shape index (κ2) is 8.39. The molecule has 24 heavy (non-hydrogen) atoms. The van der Waals surface area contributed by atoms with Crippen molar-refractivity contribution in [3.63, 3.8) is 0 Å². The van der Waals surface area contributed by atoms with Gasteiger partial charge >= 0.3 is 0 Å². The van der Waals surface area contributed by atoms with Gasteiger partial charge < -0.3 is 16.0 Å². The highest BCUT2D eigenvalue weighted by atomic mass is 15.1. The highest BCUT2D eigenvalue weighted by Crippen LogP contribution is 2.18. The Morgan fingerprint density at radius 2 is 1.83 bits per heavy atom. The van der Waals surface area contributed by atoms with Gasteiger partial charge in [-0.3, -0.25) is 4.99 Å².